The van der Waals surface area contributed by atoms with E-state index >= 15 is 0 Å². The van der Waals surface area contributed by atoms with Crippen molar-refractivity contribution in [3.05, 3.63) is 88.5 Å². The summed E-state index contributed by atoms with van der Waals surface area (Å²) in [6.45, 7) is 0.550. The standard InChI is InChI=1S/C28H22N2O6/c1-34-22-10-5-18(14-23(22)35-2)25-24(26(31)19-6-9-21-17(13-19)11-12-36-21)27(32)28(33)30(25)20-7-3-16(15-29)4-8-20/h3-10,13-14,25,31H,11-12H2,1-2H3/b26-24+. The number of methoxy groups -OCH3 is 2. The molecule has 1 amide bonds. The normalized spacial score (nSPS) is 17.9. The summed E-state index contributed by atoms with van der Waals surface area (Å²) < 4.78 is 16.3. The van der Waals surface area contributed by atoms with Gasteiger partial charge in [0.15, 0.2) is 11.5 Å². The van der Waals surface area contributed by atoms with Crippen LogP contribution in [-0.2, 0) is 16.0 Å². The van der Waals surface area contributed by atoms with E-state index in [-0.39, 0.29) is 11.3 Å². The number of aliphatic hydroxyl groups excluding tert-OH is 1. The third-order valence-corrected chi connectivity index (χ3v) is 6.41. The highest BCUT2D eigenvalue weighted by atomic mass is 16.5. The minimum absolute atomic E-state index is 0.0459. The Morgan fingerprint density at radius 3 is 2.47 bits per heavy atom. The average Bonchev–Trinajstić information content (AvgIpc) is 3.49. The second-order valence-corrected chi connectivity index (χ2v) is 8.36. The van der Waals surface area contributed by atoms with Gasteiger partial charge in [0.2, 0.25) is 0 Å². The Balaban J connectivity index is 1.71. The van der Waals surface area contributed by atoms with Gasteiger partial charge in [-0.05, 0) is 65.7 Å². The van der Waals surface area contributed by atoms with Crippen molar-refractivity contribution < 1.29 is 28.9 Å². The molecule has 1 unspecified atom stereocenters. The van der Waals surface area contributed by atoms with E-state index < -0.39 is 17.7 Å². The van der Waals surface area contributed by atoms with E-state index in [1.165, 1.54) is 19.1 Å². The van der Waals surface area contributed by atoms with Crippen LogP contribution in [0.25, 0.3) is 5.76 Å². The average molecular weight is 482 g/mol. The number of amides is 1. The number of hydrogen-bond acceptors (Lipinski definition) is 7. The third-order valence-electron chi connectivity index (χ3n) is 6.41. The smallest absolute Gasteiger partial charge is 0.300 e. The first kappa shape index (κ1) is 23.0. The highest BCUT2D eigenvalue weighted by molar-refractivity contribution is 6.51. The molecule has 8 heteroatoms. The van der Waals surface area contributed by atoms with Crippen LogP contribution in [0.1, 0.15) is 28.3 Å². The second-order valence-electron chi connectivity index (χ2n) is 8.36. The molecule has 3 aromatic carbocycles. The van der Waals surface area contributed by atoms with E-state index in [4.69, 9.17) is 14.2 Å². The minimum atomic E-state index is -0.942. The number of aliphatic hydroxyl groups is 1. The van der Waals surface area contributed by atoms with Crippen molar-refractivity contribution >= 4 is 23.1 Å². The summed E-state index contributed by atoms with van der Waals surface area (Å²) >= 11 is 0. The molecule has 180 valence electrons. The zero-order valence-electron chi connectivity index (χ0n) is 19.6. The lowest BCUT2D eigenvalue weighted by molar-refractivity contribution is -0.132. The summed E-state index contributed by atoms with van der Waals surface area (Å²) in [5.74, 6) is -0.246. The highest BCUT2D eigenvalue weighted by Gasteiger charge is 2.47. The van der Waals surface area contributed by atoms with Gasteiger partial charge in [0, 0.05) is 17.7 Å². The maximum atomic E-state index is 13.4. The fraction of sp³-hybridized carbons (Fsp3) is 0.179. The lowest BCUT2D eigenvalue weighted by atomic mass is 9.94. The number of anilines is 1. The molecule has 3 aromatic rings. The van der Waals surface area contributed by atoms with Crippen LogP contribution in [0.5, 0.6) is 17.2 Å². The molecule has 0 bridgehead atoms. The Hall–Kier alpha value is -4.77. The molecule has 1 saturated heterocycles. The first-order chi connectivity index (χ1) is 17.5. The topological polar surface area (TPSA) is 109 Å². The first-order valence-corrected chi connectivity index (χ1v) is 11.3. The summed E-state index contributed by atoms with van der Waals surface area (Å²) in [4.78, 5) is 28.1. The van der Waals surface area contributed by atoms with Crippen LogP contribution in [0.4, 0.5) is 5.69 Å². The molecule has 0 aromatic heterocycles. The van der Waals surface area contributed by atoms with Crippen LogP contribution < -0.4 is 19.1 Å². The Kier molecular flexibility index (Phi) is 5.82. The van der Waals surface area contributed by atoms with Gasteiger partial charge in [-0.2, -0.15) is 5.26 Å². The van der Waals surface area contributed by atoms with Crippen molar-refractivity contribution in [2.75, 3.05) is 25.7 Å². The molecule has 2 heterocycles. The summed E-state index contributed by atoms with van der Waals surface area (Å²) in [6.07, 6.45) is 0.690. The zero-order valence-corrected chi connectivity index (χ0v) is 19.6. The summed E-state index contributed by atoms with van der Waals surface area (Å²) in [6, 6.07) is 17.7. The van der Waals surface area contributed by atoms with Crippen molar-refractivity contribution in [2.24, 2.45) is 0 Å². The number of ether oxygens (including phenoxy) is 3. The largest absolute Gasteiger partial charge is 0.507 e. The van der Waals surface area contributed by atoms with Gasteiger partial charge in [-0.25, -0.2) is 0 Å². The van der Waals surface area contributed by atoms with Crippen molar-refractivity contribution in [3.63, 3.8) is 0 Å². The highest BCUT2D eigenvalue weighted by Crippen LogP contribution is 2.44. The van der Waals surface area contributed by atoms with Crippen molar-refractivity contribution in [2.45, 2.75) is 12.5 Å². The monoisotopic (exact) mass is 482 g/mol. The zero-order chi connectivity index (χ0) is 25.4. The number of carbonyl (C=O) groups is 2. The Labute approximate surface area is 207 Å². The van der Waals surface area contributed by atoms with Crippen molar-refractivity contribution in [1.82, 2.24) is 0 Å². The van der Waals surface area contributed by atoms with Gasteiger partial charge in [-0.15, -0.1) is 0 Å². The number of carbonyl (C=O) groups excluding carboxylic acids is 2. The number of hydrogen-bond donors (Lipinski definition) is 1. The molecular weight excluding hydrogens is 460 g/mol. The third kappa shape index (κ3) is 3.71. The number of ketones is 1. The predicted octanol–water partition coefficient (Wildman–Crippen LogP) is 4.14. The molecule has 0 spiro atoms. The van der Waals surface area contributed by atoms with Gasteiger partial charge in [-0.3, -0.25) is 14.5 Å². The number of benzene rings is 3. The lowest BCUT2D eigenvalue weighted by Crippen LogP contribution is -2.29. The molecule has 2 aliphatic heterocycles. The predicted molar refractivity (Wildman–Crippen MR) is 131 cm³/mol. The van der Waals surface area contributed by atoms with Gasteiger partial charge >= 0.3 is 0 Å². The van der Waals surface area contributed by atoms with Gasteiger partial charge in [0.05, 0.1) is 44.1 Å². The SMILES string of the molecule is COc1ccc(C2/C(=C(\O)c3ccc4c(c3)CCO4)C(=O)C(=O)N2c2ccc(C#N)cc2)cc1OC. The summed E-state index contributed by atoms with van der Waals surface area (Å²) in [5, 5.41) is 20.6. The Morgan fingerprint density at radius 2 is 1.78 bits per heavy atom. The molecule has 0 aliphatic carbocycles. The lowest BCUT2D eigenvalue weighted by Gasteiger charge is -2.26. The van der Waals surface area contributed by atoms with Gasteiger partial charge < -0.3 is 19.3 Å². The first-order valence-electron chi connectivity index (χ1n) is 11.3. The van der Waals surface area contributed by atoms with E-state index in [0.717, 1.165) is 11.3 Å². The van der Waals surface area contributed by atoms with E-state index in [1.54, 1.807) is 60.7 Å². The molecule has 0 saturated carbocycles. The molecule has 2 aliphatic rings. The Bertz CT molecular complexity index is 1450. The summed E-state index contributed by atoms with van der Waals surface area (Å²) in [5.41, 5.74) is 2.67. The van der Waals surface area contributed by atoms with Crippen LogP contribution in [0.3, 0.4) is 0 Å². The Morgan fingerprint density at radius 1 is 1.03 bits per heavy atom. The van der Waals surface area contributed by atoms with Crippen LogP contribution in [0.2, 0.25) is 0 Å². The van der Waals surface area contributed by atoms with E-state index in [9.17, 15) is 20.0 Å². The maximum Gasteiger partial charge on any atom is 0.300 e. The maximum absolute atomic E-state index is 13.4. The van der Waals surface area contributed by atoms with Crippen LogP contribution >= 0.6 is 0 Å². The summed E-state index contributed by atoms with van der Waals surface area (Å²) in [7, 11) is 3.00. The van der Waals surface area contributed by atoms with Gasteiger partial charge in [0.1, 0.15) is 11.5 Å². The molecule has 5 rings (SSSR count). The van der Waals surface area contributed by atoms with Crippen LogP contribution in [-0.4, -0.2) is 37.6 Å². The number of rotatable bonds is 5. The molecule has 0 radical (unpaired) electrons. The van der Waals surface area contributed by atoms with Crippen LogP contribution in [0.15, 0.2) is 66.2 Å². The minimum Gasteiger partial charge on any atom is -0.507 e. The van der Waals surface area contributed by atoms with Crippen molar-refractivity contribution in [3.8, 4) is 23.3 Å². The molecule has 1 N–H and O–H groups in total. The number of Topliss-reactive ketones (excluding diaryl/α,β-unsaturated/α-hetero) is 1. The molecule has 8 nitrogen and oxygen atoms in total. The molecule has 36 heavy (non-hydrogen) atoms. The van der Waals surface area contributed by atoms with Crippen LogP contribution in [0, 0.1) is 11.3 Å². The molecule has 1 fully saturated rings. The van der Waals surface area contributed by atoms with E-state index in [2.05, 4.69) is 0 Å². The number of nitriles is 1. The quantitative estimate of drug-likeness (QED) is 0.331. The van der Waals surface area contributed by atoms with E-state index in [0.29, 0.717) is 46.9 Å². The molecular formula is C28H22N2O6. The van der Waals surface area contributed by atoms with Crippen molar-refractivity contribution in [1.29, 1.82) is 5.26 Å². The fourth-order valence-electron chi connectivity index (χ4n) is 4.62. The number of fused-ring (bicyclic) bond motifs is 1. The molecule has 1 atom stereocenters. The van der Waals surface area contributed by atoms with Gasteiger partial charge in [0.25, 0.3) is 11.7 Å². The van der Waals surface area contributed by atoms with E-state index in [1.807, 2.05) is 6.07 Å². The second kappa shape index (κ2) is 9.12. The van der Waals surface area contributed by atoms with Gasteiger partial charge in [-0.1, -0.05) is 6.07 Å². The fourth-order valence-corrected chi connectivity index (χ4v) is 4.62. The number of nitrogens with zero attached hydrogens (tertiary/aromatic N) is 2.